The summed E-state index contributed by atoms with van der Waals surface area (Å²) >= 11 is 0. The molecule has 1 saturated heterocycles. The number of benzene rings is 1. The Morgan fingerprint density at radius 3 is 2.56 bits per heavy atom. The highest BCUT2D eigenvalue weighted by molar-refractivity contribution is 5.73. The molecule has 0 aliphatic carbocycles. The van der Waals surface area contributed by atoms with Crippen LogP contribution in [0.5, 0.6) is 5.75 Å². The molecule has 0 spiro atoms. The van der Waals surface area contributed by atoms with Crippen LogP contribution < -0.4 is 4.74 Å². The molecular formula is C19H26N4O2. The fourth-order valence-electron chi connectivity index (χ4n) is 3.36. The predicted octanol–water partition coefficient (Wildman–Crippen LogP) is 2.14. The molecule has 0 N–H and O–H groups in total. The van der Waals surface area contributed by atoms with Crippen molar-refractivity contribution >= 4 is 5.91 Å². The summed E-state index contributed by atoms with van der Waals surface area (Å²) in [6.45, 7) is 6.90. The van der Waals surface area contributed by atoms with Crippen molar-refractivity contribution < 1.29 is 9.53 Å². The Morgan fingerprint density at radius 2 is 2.00 bits per heavy atom. The Bertz CT molecular complexity index is 738. The molecule has 1 aliphatic rings. The second kappa shape index (κ2) is 7.27. The molecule has 1 aromatic heterocycles. The van der Waals surface area contributed by atoms with Gasteiger partial charge < -0.3 is 9.64 Å². The highest BCUT2D eigenvalue weighted by Crippen LogP contribution is 2.29. The zero-order valence-electron chi connectivity index (χ0n) is 15.4. The van der Waals surface area contributed by atoms with Crippen molar-refractivity contribution in [3.8, 4) is 5.75 Å². The lowest BCUT2D eigenvalue weighted by Crippen LogP contribution is -2.49. The number of hydrogen-bond donors (Lipinski definition) is 0. The van der Waals surface area contributed by atoms with Crippen LogP contribution in [-0.2, 0) is 18.4 Å². The second-order valence-electron chi connectivity index (χ2n) is 6.60. The molecule has 1 amide bonds. The lowest BCUT2D eigenvalue weighted by atomic mass is 10.0. The Kier molecular flexibility index (Phi) is 5.08. The van der Waals surface area contributed by atoms with Crippen LogP contribution in [-0.4, -0.2) is 52.2 Å². The molecule has 3 rings (SSSR count). The molecule has 2 aromatic rings. The van der Waals surface area contributed by atoms with E-state index in [0.717, 1.165) is 25.4 Å². The smallest absolute Gasteiger partial charge is 0.219 e. The van der Waals surface area contributed by atoms with Crippen molar-refractivity contribution in [2.45, 2.75) is 26.4 Å². The molecule has 25 heavy (non-hydrogen) atoms. The van der Waals surface area contributed by atoms with Gasteiger partial charge in [-0.25, -0.2) is 0 Å². The van der Waals surface area contributed by atoms with Gasteiger partial charge in [-0.15, -0.1) is 0 Å². The number of amides is 1. The number of carbonyl (C=O) groups is 1. The average molecular weight is 342 g/mol. The van der Waals surface area contributed by atoms with Crippen LogP contribution in [0.4, 0.5) is 0 Å². The molecule has 1 atom stereocenters. The zero-order valence-corrected chi connectivity index (χ0v) is 15.4. The Labute approximate surface area is 149 Å². The van der Waals surface area contributed by atoms with E-state index in [1.165, 1.54) is 16.8 Å². The van der Waals surface area contributed by atoms with Crippen molar-refractivity contribution in [3.63, 3.8) is 0 Å². The van der Waals surface area contributed by atoms with Crippen LogP contribution in [0.25, 0.3) is 0 Å². The minimum Gasteiger partial charge on any atom is -0.497 e. The van der Waals surface area contributed by atoms with Crippen molar-refractivity contribution in [3.05, 3.63) is 47.3 Å². The zero-order chi connectivity index (χ0) is 18.0. The number of piperazine rings is 1. The van der Waals surface area contributed by atoms with Crippen LogP contribution in [0.15, 0.2) is 30.5 Å². The van der Waals surface area contributed by atoms with Crippen molar-refractivity contribution in [1.82, 2.24) is 19.6 Å². The van der Waals surface area contributed by atoms with Crippen LogP contribution in [0.1, 0.15) is 29.8 Å². The second-order valence-corrected chi connectivity index (χ2v) is 6.60. The van der Waals surface area contributed by atoms with E-state index in [9.17, 15) is 4.79 Å². The highest BCUT2D eigenvalue weighted by atomic mass is 16.5. The maximum absolute atomic E-state index is 11.9. The molecule has 1 aliphatic heterocycles. The first-order chi connectivity index (χ1) is 12.0. The summed E-state index contributed by atoms with van der Waals surface area (Å²) in [6, 6.07) is 8.32. The molecule has 6 nitrogen and oxygen atoms in total. The van der Waals surface area contributed by atoms with E-state index in [1.807, 2.05) is 35.0 Å². The molecule has 1 aromatic carbocycles. The van der Waals surface area contributed by atoms with Gasteiger partial charge in [0.05, 0.1) is 19.3 Å². The van der Waals surface area contributed by atoms with Crippen molar-refractivity contribution in [2.75, 3.05) is 26.7 Å². The SMILES string of the molecule is COc1ccc([C@H]2CN(C(C)=O)CCN2Cc2cnn(C)c2C)cc1. The van der Waals surface area contributed by atoms with E-state index >= 15 is 0 Å². The van der Waals surface area contributed by atoms with Gasteiger partial charge in [0, 0.05) is 51.4 Å². The molecule has 0 unspecified atom stereocenters. The van der Waals surface area contributed by atoms with Gasteiger partial charge in [-0.2, -0.15) is 5.10 Å². The number of ether oxygens (including phenoxy) is 1. The average Bonchev–Trinajstić information content (AvgIpc) is 2.94. The standard InChI is InChI=1S/C19H26N4O2/c1-14-17(11-20-21(14)3)12-23-10-9-22(15(2)24)13-19(23)16-5-7-18(25-4)8-6-16/h5-8,11,19H,9-10,12-13H2,1-4H3/t19-/m1/s1. The monoisotopic (exact) mass is 342 g/mol. The third kappa shape index (κ3) is 3.69. The van der Waals surface area contributed by atoms with Gasteiger partial charge in [-0.3, -0.25) is 14.4 Å². The minimum atomic E-state index is 0.135. The fourth-order valence-corrected chi connectivity index (χ4v) is 3.36. The first-order valence-electron chi connectivity index (χ1n) is 8.60. The van der Waals surface area contributed by atoms with Gasteiger partial charge in [0.1, 0.15) is 5.75 Å². The molecule has 6 heteroatoms. The van der Waals surface area contributed by atoms with Crippen molar-refractivity contribution in [1.29, 1.82) is 0 Å². The molecular weight excluding hydrogens is 316 g/mol. The van der Waals surface area contributed by atoms with Gasteiger partial charge in [0.2, 0.25) is 5.91 Å². The van der Waals surface area contributed by atoms with E-state index in [4.69, 9.17) is 4.74 Å². The maximum Gasteiger partial charge on any atom is 0.219 e. The number of nitrogens with zero attached hydrogens (tertiary/aromatic N) is 4. The summed E-state index contributed by atoms with van der Waals surface area (Å²) in [5, 5.41) is 4.35. The molecule has 134 valence electrons. The van der Waals surface area contributed by atoms with Crippen LogP contribution >= 0.6 is 0 Å². The third-order valence-corrected chi connectivity index (χ3v) is 5.15. The van der Waals surface area contributed by atoms with Crippen molar-refractivity contribution in [2.24, 2.45) is 7.05 Å². The van der Waals surface area contributed by atoms with E-state index in [1.54, 1.807) is 14.0 Å². The number of rotatable bonds is 4. The first kappa shape index (κ1) is 17.5. The Balaban J connectivity index is 1.85. The van der Waals surface area contributed by atoms with E-state index in [-0.39, 0.29) is 11.9 Å². The fraction of sp³-hybridized carbons (Fsp3) is 0.474. The Hall–Kier alpha value is -2.34. The maximum atomic E-state index is 11.9. The van der Waals surface area contributed by atoms with E-state index in [2.05, 4.69) is 29.1 Å². The summed E-state index contributed by atoms with van der Waals surface area (Å²) in [5.74, 6) is 0.980. The number of methoxy groups -OCH3 is 1. The van der Waals surface area contributed by atoms with E-state index in [0.29, 0.717) is 6.54 Å². The number of carbonyl (C=O) groups excluding carboxylic acids is 1. The van der Waals surface area contributed by atoms with Crippen LogP contribution in [0, 0.1) is 6.92 Å². The summed E-state index contributed by atoms with van der Waals surface area (Å²) < 4.78 is 7.17. The molecule has 2 heterocycles. The summed E-state index contributed by atoms with van der Waals surface area (Å²) in [5.41, 5.74) is 3.62. The predicted molar refractivity (Wildman–Crippen MR) is 96.3 cm³/mol. The number of aromatic nitrogens is 2. The molecule has 0 radical (unpaired) electrons. The highest BCUT2D eigenvalue weighted by Gasteiger charge is 2.30. The summed E-state index contributed by atoms with van der Waals surface area (Å²) in [6.07, 6.45) is 1.94. The largest absolute Gasteiger partial charge is 0.497 e. The molecule has 0 saturated carbocycles. The topological polar surface area (TPSA) is 50.6 Å². The number of aryl methyl sites for hydroxylation is 1. The van der Waals surface area contributed by atoms with Crippen LogP contribution in [0.3, 0.4) is 0 Å². The van der Waals surface area contributed by atoms with Gasteiger partial charge in [0.25, 0.3) is 0 Å². The van der Waals surface area contributed by atoms with Gasteiger partial charge in [-0.05, 0) is 24.6 Å². The number of hydrogen-bond acceptors (Lipinski definition) is 4. The first-order valence-corrected chi connectivity index (χ1v) is 8.60. The van der Waals surface area contributed by atoms with Gasteiger partial charge in [0.15, 0.2) is 0 Å². The van der Waals surface area contributed by atoms with E-state index < -0.39 is 0 Å². The quantitative estimate of drug-likeness (QED) is 0.854. The van der Waals surface area contributed by atoms with Crippen LogP contribution in [0.2, 0.25) is 0 Å². The lowest BCUT2D eigenvalue weighted by molar-refractivity contribution is -0.132. The van der Waals surface area contributed by atoms with Gasteiger partial charge in [-0.1, -0.05) is 12.1 Å². The summed E-state index contributed by atoms with van der Waals surface area (Å²) in [7, 11) is 3.64. The molecule has 1 fully saturated rings. The lowest BCUT2D eigenvalue weighted by Gasteiger charge is -2.41. The normalized spacial score (nSPS) is 18.4. The summed E-state index contributed by atoms with van der Waals surface area (Å²) in [4.78, 5) is 16.2. The van der Waals surface area contributed by atoms with Gasteiger partial charge >= 0.3 is 0 Å². The molecule has 0 bridgehead atoms. The third-order valence-electron chi connectivity index (χ3n) is 5.15. The Morgan fingerprint density at radius 1 is 1.28 bits per heavy atom. The minimum absolute atomic E-state index is 0.135.